The summed E-state index contributed by atoms with van der Waals surface area (Å²) in [6, 6.07) is 17.5. The van der Waals surface area contributed by atoms with E-state index < -0.39 is 23.3 Å². The molecule has 3 aromatic carbocycles. The Kier molecular flexibility index (Phi) is 10.4. The molecule has 5 aromatic rings. The number of hydrogen-bond acceptors (Lipinski definition) is 10. The van der Waals surface area contributed by atoms with Gasteiger partial charge < -0.3 is 28.7 Å². The Morgan fingerprint density at radius 2 is 1.57 bits per heavy atom. The summed E-state index contributed by atoms with van der Waals surface area (Å²) in [5.74, 6) is -0.588. The normalized spacial score (nSPS) is 19.4. The second-order valence-electron chi connectivity index (χ2n) is 14.7. The van der Waals surface area contributed by atoms with Crippen LogP contribution in [0, 0.1) is 11.6 Å². The van der Waals surface area contributed by atoms with E-state index in [1.54, 1.807) is 29.9 Å². The maximum absolute atomic E-state index is 15.6. The summed E-state index contributed by atoms with van der Waals surface area (Å²) < 4.78 is 69.5. The number of ether oxygens (including phenoxy) is 4. The quantitative estimate of drug-likeness (QED) is 0.143. The highest BCUT2D eigenvalue weighted by atomic mass is 19.1. The van der Waals surface area contributed by atoms with Gasteiger partial charge in [0.05, 0.1) is 44.5 Å². The van der Waals surface area contributed by atoms with Gasteiger partial charge in [0, 0.05) is 45.2 Å². The number of benzene rings is 3. The Bertz CT molecular complexity index is 2170. The Balaban J connectivity index is 1.11. The first-order chi connectivity index (χ1) is 27.2. The van der Waals surface area contributed by atoms with Crippen LogP contribution in [-0.2, 0) is 26.2 Å². The van der Waals surface area contributed by atoms with Crippen LogP contribution in [0.15, 0.2) is 60.7 Å². The van der Waals surface area contributed by atoms with Gasteiger partial charge in [-0.15, -0.1) is 0 Å². The number of fused-ring (bicyclic) bond motifs is 3. The van der Waals surface area contributed by atoms with Crippen molar-refractivity contribution in [2.75, 3.05) is 52.5 Å². The molecule has 0 N–H and O–H groups in total. The molecule has 1 amide bonds. The number of methoxy groups -OCH3 is 3. The maximum atomic E-state index is 15.6. The smallest absolute Gasteiger partial charge is 0.319 e. The molecule has 0 saturated carbocycles. The van der Waals surface area contributed by atoms with E-state index in [2.05, 4.69) is 9.88 Å². The van der Waals surface area contributed by atoms with Crippen molar-refractivity contribution >= 4 is 22.6 Å². The van der Waals surface area contributed by atoms with Crippen molar-refractivity contribution in [3.63, 3.8) is 0 Å². The second kappa shape index (κ2) is 15.5. The minimum Gasteiger partial charge on any atom is -0.497 e. The lowest BCUT2D eigenvalue weighted by atomic mass is 9.95. The van der Waals surface area contributed by atoms with Crippen molar-refractivity contribution < 1.29 is 36.9 Å². The molecule has 0 bridgehead atoms. The summed E-state index contributed by atoms with van der Waals surface area (Å²) in [6.07, 6.45) is 1.68. The summed E-state index contributed by atoms with van der Waals surface area (Å²) in [6.45, 7) is 3.07. The van der Waals surface area contributed by atoms with Gasteiger partial charge in [-0.25, -0.2) is 13.2 Å². The highest BCUT2D eigenvalue weighted by Gasteiger charge is 2.49. The lowest BCUT2D eigenvalue weighted by molar-refractivity contribution is 0.0723. The highest BCUT2D eigenvalue weighted by molar-refractivity contribution is 5.96. The fraction of sp³-hybridized carbons (Fsp3) is 0.415. The first-order valence-corrected chi connectivity index (χ1v) is 18.8. The van der Waals surface area contributed by atoms with Crippen molar-refractivity contribution in [1.29, 1.82) is 0 Å². The number of carbonyl (C=O) groups is 1. The van der Waals surface area contributed by atoms with Gasteiger partial charge in [-0.05, 0) is 67.3 Å². The molecule has 2 atom stereocenters. The number of aryl methyl sites for hydroxylation is 1. The predicted octanol–water partition coefficient (Wildman–Crippen LogP) is 6.34. The van der Waals surface area contributed by atoms with Gasteiger partial charge in [0.25, 0.3) is 5.91 Å². The molecule has 2 saturated heterocycles. The molecule has 2 fully saturated rings. The molecule has 15 heteroatoms. The van der Waals surface area contributed by atoms with Crippen LogP contribution in [0.2, 0.25) is 0 Å². The first kappa shape index (κ1) is 37.4. The average Bonchev–Trinajstić information content (AvgIpc) is 3.84. The molecular formula is C41H44F3N7O5. The van der Waals surface area contributed by atoms with Crippen LogP contribution < -0.4 is 23.8 Å². The molecule has 3 aliphatic heterocycles. The van der Waals surface area contributed by atoms with Gasteiger partial charge in [0.2, 0.25) is 0 Å². The van der Waals surface area contributed by atoms with Crippen LogP contribution in [0.3, 0.4) is 0 Å². The first-order valence-electron chi connectivity index (χ1n) is 18.8. The Hall–Kier alpha value is -5.57. The van der Waals surface area contributed by atoms with E-state index in [0.717, 1.165) is 36.6 Å². The van der Waals surface area contributed by atoms with E-state index in [1.807, 2.05) is 53.4 Å². The second-order valence-corrected chi connectivity index (χ2v) is 14.7. The third kappa shape index (κ3) is 7.27. The number of carbonyl (C=O) groups excluding carboxylic acids is 1. The molecule has 3 aliphatic rings. The number of aromatic nitrogens is 4. The molecule has 8 rings (SSSR count). The molecule has 0 unspecified atom stereocenters. The Morgan fingerprint density at radius 1 is 0.875 bits per heavy atom. The fourth-order valence-electron chi connectivity index (χ4n) is 8.33. The Morgan fingerprint density at radius 3 is 2.23 bits per heavy atom. The van der Waals surface area contributed by atoms with E-state index in [1.165, 1.54) is 7.11 Å². The van der Waals surface area contributed by atoms with Gasteiger partial charge in [0.15, 0.2) is 23.1 Å². The fourth-order valence-corrected chi connectivity index (χ4v) is 8.33. The molecule has 56 heavy (non-hydrogen) atoms. The van der Waals surface area contributed by atoms with Crippen LogP contribution >= 0.6 is 0 Å². The summed E-state index contributed by atoms with van der Waals surface area (Å²) in [7, 11) is 4.52. The standard InChI is InChI=1S/C41H44F3N7O5/c1-53-30-10-6-26(7-11-30)21-49(22-27-8-12-31(54-2)13-9-27)39(52)34-18-29-24-48(15-5-17-51(29)47-34)38-35-36(32(43)19-33(44)37(35)55-3)45-40(46-38)56-25-41-14-4-16-50(41)23-28(42)20-41/h6-13,18-19,28H,4-5,14-17,20-25H2,1-3H3/t28-,41+/m1/s1. The lowest BCUT2D eigenvalue weighted by Gasteiger charge is -2.31. The van der Waals surface area contributed by atoms with E-state index in [4.69, 9.17) is 29.0 Å². The van der Waals surface area contributed by atoms with E-state index in [-0.39, 0.29) is 53.2 Å². The van der Waals surface area contributed by atoms with Crippen LogP contribution in [0.5, 0.6) is 23.3 Å². The number of nitrogens with zero attached hydrogens (tertiary/aromatic N) is 7. The van der Waals surface area contributed by atoms with Crippen LogP contribution in [0.4, 0.5) is 19.0 Å². The Labute approximate surface area is 322 Å². The molecule has 12 nitrogen and oxygen atoms in total. The lowest BCUT2D eigenvalue weighted by Crippen LogP contribution is -2.43. The third-order valence-corrected chi connectivity index (χ3v) is 11.1. The SMILES string of the molecule is COc1ccc(CN(Cc2ccc(OC)cc2)C(=O)c2cc3n(n2)CCCN(c2nc(OC[C@@]45CCCN4C[C@H](F)C5)nc4c(F)cc(F)c(OC)c24)C3)cc1. The van der Waals surface area contributed by atoms with Crippen molar-refractivity contribution in [3.05, 3.63) is 94.8 Å². The van der Waals surface area contributed by atoms with E-state index >= 15 is 8.78 Å². The van der Waals surface area contributed by atoms with Crippen molar-refractivity contribution in [2.45, 2.75) is 63.6 Å². The molecule has 2 aromatic heterocycles. The summed E-state index contributed by atoms with van der Waals surface area (Å²) >= 11 is 0. The summed E-state index contributed by atoms with van der Waals surface area (Å²) in [4.78, 5) is 29.2. The highest BCUT2D eigenvalue weighted by Crippen LogP contribution is 2.42. The van der Waals surface area contributed by atoms with Crippen molar-refractivity contribution in [1.82, 2.24) is 29.5 Å². The van der Waals surface area contributed by atoms with Crippen LogP contribution in [0.25, 0.3) is 10.9 Å². The minimum absolute atomic E-state index is 0.0668. The molecule has 0 aliphatic carbocycles. The van der Waals surface area contributed by atoms with Gasteiger partial charge in [0.1, 0.15) is 35.6 Å². The van der Waals surface area contributed by atoms with Crippen LogP contribution in [0.1, 0.15) is 53.0 Å². The average molecular weight is 772 g/mol. The zero-order chi connectivity index (χ0) is 39.0. The van der Waals surface area contributed by atoms with Crippen LogP contribution in [-0.4, -0.2) is 94.7 Å². The van der Waals surface area contributed by atoms with Gasteiger partial charge in [-0.3, -0.25) is 14.4 Å². The molecule has 5 heterocycles. The van der Waals surface area contributed by atoms with E-state index in [0.29, 0.717) is 62.8 Å². The summed E-state index contributed by atoms with van der Waals surface area (Å²) in [5, 5.41) is 4.84. The molecule has 0 radical (unpaired) electrons. The number of halogens is 3. The largest absolute Gasteiger partial charge is 0.497 e. The monoisotopic (exact) mass is 771 g/mol. The minimum atomic E-state index is -0.952. The molecule has 0 spiro atoms. The third-order valence-electron chi connectivity index (χ3n) is 11.1. The van der Waals surface area contributed by atoms with Crippen molar-refractivity contribution in [2.24, 2.45) is 0 Å². The number of alkyl halides is 1. The molecular weight excluding hydrogens is 727 g/mol. The zero-order valence-corrected chi connectivity index (χ0v) is 31.6. The van der Waals surface area contributed by atoms with Gasteiger partial charge in [-0.2, -0.15) is 15.1 Å². The zero-order valence-electron chi connectivity index (χ0n) is 31.6. The maximum Gasteiger partial charge on any atom is 0.319 e. The van der Waals surface area contributed by atoms with Crippen molar-refractivity contribution in [3.8, 4) is 23.3 Å². The van der Waals surface area contributed by atoms with Gasteiger partial charge in [-0.1, -0.05) is 24.3 Å². The molecule has 294 valence electrons. The topological polar surface area (TPSA) is 107 Å². The predicted molar refractivity (Wildman–Crippen MR) is 202 cm³/mol. The van der Waals surface area contributed by atoms with Gasteiger partial charge >= 0.3 is 6.01 Å². The summed E-state index contributed by atoms with van der Waals surface area (Å²) in [5.41, 5.74) is 2.17. The number of anilines is 1. The number of rotatable bonds is 12. The number of hydrogen-bond donors (Lipinski definition) is 0. The van der Waals surface area contributed by atoms with E-state index in [9.17, 15) is 9.18 Å². The number of amides is 1.